The molecule has 0 fully saturated rings. The highest BCUT2D eigenvalue weighted by Crippen LogP contribution is 2.56. The van der Waals surface area contributed by atoms with Gasteiger partial charge >= 0.3 is 5.97 Å². The number of hydrogen-bond donors (Lipinski definition) is 0. The van der Waals surface area contributed by atoms with E-state index >= 15 is 0 Å². The van der Waals surface area contributed by atoms with Gasteiger partial charge in [0.1, 0.15) is 32.7 Å². The first-order chi connectivity index (χ1) is 20.1. The fraction of sp³-hybridized carbons (Fsp3) is 0.200. The lowest BCUT2D eigenvalue weighted by Crippen LogP contribution is -3.00. The van der Waals surface area contributed by atoms with Crippen molar-refractivity contribution in [2.45, 2.75) is 38.5 Å². The van der Waals surface area contributed by atoms with Gasteiger partial charge in [-0.15, -0.1) is 0 Å². The van der Waals surface area contributed by atoms with Crippen LogP contribution in [0.5, 0.6) is 5.75 Å². The van der Waals surface area contributed by atoms with Crippen LogP contribution >= 0.6 is 40.2 Å². The van der Waals surface area contributed by atoms with Gasteiger partial charge in [0.15, 0.2) is 0 Å². The Kier molecular flexibility index (Phi) is 12.7. The van der Waals surface area contributed by atoms with E-state index in [4.69, 9.17) is 17.0 Å². The first-order valence-corrected chi connectivity index (χ1v) is 18.6. The maximum atomic E-state index is 12.4. The number of esters is 1. The summed E-state index contributed by atoms with van der Waals surface area (Å²) >= 11 is 5.23. The molecule has 7 heteroatoms. The average Bonchev–Trinajstić information content (AvgIpc) is 3.46. The lowest BCUT2D eigenvalue weighted by molar-refractivity contribution is -0.134. The Balaban J connectivity index is 0.00000405. The van der Waals surface area contributed by atoms with E-state index in [0.717, 1.165) is 52.5 Å². The number of carbonyl (C=O) groups is 1. The second-order valence-corrected chi connectivity index (χ2v) is 16.6. The second kappa shape index (κ2) is 16.4. The predicted molar refractivity (Wildman–Crippen MR) is 182 cm³/mol. The van der Waals surface area contributed by atoms with Crippen LogP contribution in [-0.4, -0.2) is 12.1 Å². The Labute approximate surface area is 272 Å². The van der Waals surface area contributed by atoms with Crippen molar-refractivity contribution in [1.82, 2.24) is 0 Å². The molecule has 0 saturated heterocycles. The zero-order chi connectivity index (χ0) is 28.3. The van der Waals surface area contributed by atoms with E-state index in [2.05, 4.69) is 91.0 Å². The summed E-state index contributed by atoms with van der Waals surface area (Å²) < 4.78 is 6.47. The summed E-state index contributed by atoms with van der Waals surface area (Å²) in [5, 5.41) is 4.32. The van der Waals surface area contributed by atoms with Gasteiger partial charge in [-0.05, 0) is 91.6 Å². The normalized spacial score (nSPS) is 11.0. The largest absolute Gasteiger partial charge is 1.00 e. The lowest BCUT2D eigenvalue weighted by atomic mass is 10.1. The standard InChI is InChI=1S/C35H34O2PS3.BrH/c36-34(37-29-24-22-28(23-25-29)33-27-35(39)41-40-33)21-13-2-1-3-14-26-38(30-15-7-4-8-16-30,31-17-9-5-10-18-31)32-19-11-6-12-20-32;/h4-12,15-20,22-25,27H,1-3,13-14,21,26H2;1H/q+1;/p-1. The molecule has 0 atom stereocenters. The number of ether oxygens (including phenoxy) is 1. The van der Waals surface area contributed by atoms with E-state index in [0.29, 0.717) is 12.2 Å². The van der Waals surface area contributed by atoms with E-state index in [-0.39, 0.29) is 23.0 Å². The zero-order valence-electron chi connectivity index (χ0n) is 23.4. The summed E-state index contributed by atoms with van der Waals surface area (Å²) in [5.41, 5.74) is 1.10. The molecule has 0 N–H and O–H groups in total. The van der Waals surface area contributed by atoms with Crippen molar-refractivity contribution < 1.29 is 26.5 Å². The molecule has 0 aliphatic heterocycles. The maximum Gasteiger partial charge on any atom is 0.311 e. The molecule has 5 rings (SSSR count). The summed E-state index contributed by atoms with van der Waals surface area (Å²) in [7, 11) is 1.51. The van der Waals surface area contributed by atoms with Crippen LogP contribution in [0.1, 0.15) is 38.5 Å². The summed E-state index contributed by atoms with van der Waals surface area (Å²) in [6.45, 7) is 0. The summed E-state index contributed by atoms with van der Waals surface area (Å²) in [6.07, 6.45) is 6.90. The highest BCUT2D eigenvalue weighted by atomic mass is 79.9. The van der Waals surface area contributed by atoms with E-state index in [1.165, 1.54) is 15.9 Å². The Bertz CT molecular complexity index is 1470. The molecule has 0 aliphatic rings. The van der Waals surface area contributed by atoms with Crippen molar-refractivity contribution >= 4 is 62.0 Å². The number of carbonyl (C=O) groups excluding carboxylic acids is 1. The van der Waals surface area contributed by atoms with Gasteiger partial charge in [-0.3, -0.25) is 4.79 Å². The fourth-order valence-corrected chi connectivity index (χ4v) is 12.1. The second-order valence-electron chi connectivity index (χ2n) is 10.1. The van der Waals surface area contributed by atoms with Gasteiger partial charge in [0.25, 0.3) is 0 Å². The van der Waals surface area contributed by atoms with Crippen molar-refractivity contribution in [3.8, 4) is 16.2 Å². The van der Waals surface area contributed by atoms with Crippen molar-refractivity contribution in [1.29, 1.82) is 0 Å². The van der Waals surface area contributed by atoms with Crippen LogP contribution in [0.4, 0.5) is 0 Å². The van der Waals surface area contributed by atoms with Gasteiger partial charge in [0, 0.05) is 11.3 Å². The SMILES string of the molecule is O=C(CCCCCCC[P+](c1ccccc1)(c1ccccc1)c1ccccc1)Oc1ccc(-c2cc(=S)ss2)cc1.[Br-]. The predicted octanol–water partition coefficient (Wildman–Crippen LogP) is 6.45. The van der Waals surface area contributed by atoms with Crippen LogP contribution in [0.3, 0.4) is 0 Å². The van der Waals surface area contributed by atoms with Crippen LogP contribution < -0.4 is 37.6 Å². The molecule has 5 aromatic rings. The average molecular weight is 694 g/mol. The molecular weight excluding hydrogens is 659 g/mol. The molecule has 42 heavy (non-hydrogen) atoms. The third kappa shape index (κ3) is 8.33. The minimum Gasteiger partial charge on any atom is -1.00 e. The highest BCUT2D eigenvalue weighted by Gasteiger charge is 2.44. The summed E-state index contributed by atoms with van der Waals surface area (Å²) in [6, 6.07) is 42.9. The molecule has 1 aromatic heterocycles. The van der Waals surface area contributed by atoms with E-state index in [1.807, 2.05) is 30.3 Å². The van der Waals surface area contributed by atoms with Gasteiger partial charge < -0.3 is 21.7 Å². The first kappa shape index (κ1) is 32.4. The van der Waals surface area contributed by atoms with Crippen LogP contribution in [0, 0.1) is 3.82 Å². The smallest absolute Gasteiger partial charge is 0.311 e. The molecule has 216 valence electrons. The number of benzene rings is 4. The Morgan fingerprint density at radius 3 is 1.64 bits per heavy atom. The molecule has 0 radical (unpaired) electrons. The van der Waals surface area contributed by atoms with Gasteiger partial charge in [0.05, 0.1) is 6.16 Å². The van der Waals surface area contributed by atoms with Gasteiger partial charge in [-0.25, -0.2) is 0 Å². The van der Waals surface area contributed by atoms with Crippen molar-refractivity contribution in [3.63, 3.8) is 0 Å². The molecule has 0 unspecified atom stereocenters. The molecule has 2 nitrogen and oxygen atoms in total. The maximum absolute atomic E-state index is 12.4. The van der Waals surface area contributed by atoms with Crippen molar-refractivity contribution in [2.75, 3.05) is 6.16 Å². The topological polar surface area (TPSA) is 26.3 Å². The van der Waals surface area contributed by atoms with Gasteiger partial charge in [-0.1, -0.05) is 100 Å². The van der Waals surface area contributed by atoms with Crippen LogP contribution in [-0.2, 0) is 4.79 Å². The molecule has 4 aromatic carbocycles. The summed E-state index contributed by atoms with van der Waals surface area (Å²) in [5.74, 6) is 0.437. The van der Waals surface area contributed by atoms with Gasteiger partial charge in [-0.2, -0.15) is 0 Å². The Morgan fingerprint density at radius 2 is 1.14 bits per heavy atom. The number of halogens is 1. The van der Waals surface area contributed by atoms with Crippen molar-refractivity contribution in [3.05, 3.63) is 125 Å². The van der Waals surface area contributed by atoms with Gasteiger partial charge in [0.2, 0.25) is 0 Å². The van der Waals surface area contributed by atoms with Crippen LogP contribution in [0.25, 0.3) is 10.4 Å². The Morgan fingerprint density at radius 1 is 0.643 bits per heavy atom. The number of unbranched alkanes of at least 4 members (excludes halogenated alkanes) is 4. The highest BCUT2D eigenvalue weighted by molar-refractivity contribution is 7.95. The summed E-state index contributed by atoms with van der Waals surface area (Å²) in [4.78, 5) is 13.6. The monoisotopic (exact) mass is 692 g/mol. The number of rotatable bonds is 13. The van der Waals surface area contributed by atoms with E-state index in [9.17, 15) is 4.79 Å². The van der Waals surface area contributed by atoms with Crippen molar-refractivity contribution in [2.24, 2.45) is 0 Å². The number of hydrogen-bond acceptors (Lipinski definition) is 5. The minimum atomic E-state index is -1.76. The first-order valence-electron chi connectivity index (χ1n) is 14.1. The van der Waals surface area contributed by atoms with E-state index in [1.54, 1.807) is 20.7 Å². The van der Waals surface area contributed by atoms with Crippen LogP contribution in [0.15, 0.2) is 121 Å². The quantitative estimate of drug-likeness (QED) is 0.0355. The lowest BCUT2D eigenvalue weighted by Gasteiger charge is -2.27. The minimum absolute atomic E-state index is 0. The third-order valence-corrected chi connectivity index (χ3v) is 14.7. The molecule has 0 bridgehead atoms. The molecule has 0 amide bonds. The molecule has 0 saturated carbocycles. The zero-order valence-corrected chi connectivity index (χ0v) is 28.3. The van der Waals surface area contributed by atoms with E-state index < -0.39 is 7.26 Å². The molecule has 1 heterocycles. The third-order valence-electron chi connectivity index (χ3n) is 7.30. The molecule has 0 aliphatic carbocycles. The molecule has 0 spiro atoms. The van der Waals surface area contributed by atoms with Crippen LogP contribution in [0.2, 0.25) is 0 Å². The fourth-order valence-electron chi connectivity index (χ4n) is 5.27. The molecular formula is C35H34BrO2PS3. The Hall–Kier alpha value is -2.47.